The topological polar surface area (TPSA) is 50.4 Å². The normalized spacial score (nSPS) is 21.5. The number of hydrogen-bond donors (Lipinski definition) is 2. The van der Waals surface area contributed by atoms with Crippen molar-refractivity contribution < 1.29 is 9.53 Å². The van der Waals surface area contributed by atoms with E-state index in [1.807, 2.05) is 18.2 Å². The lowest BCUT2D eigenvalue weighted by molar-refractivity contribution is -0.127. The van der Waals surface area contributed by atoms with Gasteiger partial charge >= 0.3 is 0 Å². The molecule has 0 aliphatic carbocycles. The predicted octanol–water partition coefficient (Wildman–Crippen LogP) is 2.59. The van der Waals surface area contributed by atoms with Crippen LogP contribution >= 0.6 is 0 Å². The second-order valence-electron chi connectivity index (χ2n) is 6.64. The summed E-state index contributed by atoms with van der Waals surface area (Å²) in [6, 6.07) is 5.92. The minimum absolute atomic E-state index is 0.107. The summed E-state index contributed by atoms with van der Waals surface area (Å²) in [4.78, 5) is 12.7. The number of carbonyl (C=O) groups is 1. The minimum Gasteiger partial charge on any atom is -0.493 e. The Morgan fingerprint density at radius 3 is 3.05 bits per heavy atom. The lowest BCUT2D eigenvalue weighted by Gasteiger charge is -2.36. The van der Waals surface area contributed by atoms with Crippen LogP contribution in [-0.4, -0.2) is 25.6 Å². The Balaban J connectivity index is 1.70. The van der Waals surface area contributed by atoms with Crippen LogP contribution in [0.4, 0.5) is 5.69 Å². The highest BCUT2D eigenvalue weighted by Gasteiger charge is 2.37. The molecule has 1 amide bonds. The van der Waals surface area contributed by atoms with Crippen molar-refractivity contribution in [1.82, 2.24) is 5.32 Å². The Kier molecular flexibility index (Phi) is 3.89. The predicted molar refractivity (Wildman–Crippen MR) is 83.6 cm³/mol. The van der Waals surface area contributed by atoms with Crippen molar-refractivity contribution in [2.75, 3.05) is 25.0 Å². The maximum Gasteiger partial charge on any atom is 0.230 e. The van der Waals surface area contributed by atoms with Gasteiger partial charge in [-0.15, -0.1) is 0 Å². The van der Waals surface area contributed by atoms with Crippen LogP contribution in [0.15, 0.2) is 18.2 Å². The van der Waals surface area contributed by atoms with E-state index < -0.39 is 0 Å². The van der Waals surface area contributed by atoms with Gasteiger partial charge < -0.3 is 15.4 Å². The van der Waals surface area contributed by atoms with E-state index in [0.29, 0.717) is 5.92 Å². The van der Waals surface area contributed by atoms with Crippen molar-refractivity contribution in [2.24, 2.45) is 11.3 Å². The largest absolute Gasteiger partial charge is 0.493 e. The minimum atomic E-state index is -0.358. The first kappa shape index (κ1) is 14.4. The van der Waals surface area contributed by atoms with Gasteiger partial charge in [-0.05, 0) is 55.6 Å². The van der Waals surface area contributed by atoms with Crippen LogP contribution in [0, 0.1) is 11.3 Å². The van der Waals surface area contributed by atoms with Gasteiger partial charge in [-0.25, -0.2) is 0 Å². The lowest BCUT2D eigenvalue weighted by Crippen LogP contribution is -2.44. The van der Waals surface area contributed by atoms with Gasteiger partial charge in [-0.1, -0.05) is 13.8 Å². The first-order valence-corrected chi connectivity index (χ1v) is 7.85. The van der Waals surface area contributed by atoms with Crippen molar-refractivity contribution in [2.45, 2.75) is 33.1 Å². The molecule has 21 heavy (non-hydrogen) atoms. The fourth-order valence-corrected chi connectivity index (χ4v) is 3.21. The molecule has 1 saturated heterocycles. The Hall–Kier alpha value is -1.55. The van der Waals surface area contributed by atoms with Crippen LogP contribution < -0.4 is 15.4 Å². The molecule has 1 aromatic rings. The number of fused-ring (bicyclic) bond motifs is 1. The monoisotopic (exact) mass is 288 g/mol. The molecule has 0 bridgehead atoms. The first-order valence-electron chi connectivity index (χ1n) is 7.85. The number of ether oxygens (including phenoxy) is 1. The molecule has 1 aromatic carbocycles. The van der Waals surface area contributed by atoms with Gasteiger partial charge in [-0.3, -0.25) is 4.79 Å². The number of anilines is 1. The van der Waals surface area contributed by atoms with Crippen LogP contribution in [0.25, 0.3) is 0 Å². The van der Waals surface area contributed by atoms with Crippen LogP contribution in [0.2, 0.25) is 0 Å². The Labute approximate surface area is 126 Å². The second-order valence-corrected chi connectivity index (χ2v) is 6.64. The summed E-state index contributed by atoms with van der Waals surface area (Å²) in [6.45, 7) is 6.84. The van der Waals surface area contributed by atoms with Gasteiger partial charge in [0.25, 0.3) is 0 Å². The van der Waals surface area contributed by atoms with Gasteiger partial charge in [-0.2, -0.15) is 0 Å². The highest BCUT2D eigenvalue weighted by molar-refractivity contribution is 5.95. The van der Waals surface area contributed by atoms with Crippen molar-refractivity contribution in [3.05, 3.63) is 23.8 Å². The lowest BCUT2D eigenvalue weighted by atomic mass is 9.74. The number of rotatable bonds is 3. The maximum atomic E-state index is 12.7. The Morgan fingerprint density at radius 1 is 1.43 bits per heavy atom. The molecule has 3 rings (SSSR count). The summed E-state index contributed by atoms with van der Waals surface area (Å²) >= 11 is 0. The summed E-state index contributed by atoms with van der Waals surface area (Å²) in [7, 11) is 0. The third kappa shape index (κ3) is 2.91. The summed E-state index contributed by atoms with van der Waals surface area (Å²) in [5.41, 5.74) is 1.70. The fourth-order valence-electron chi connectivity index (χ4n) is 3.21. The zero-order valence-corrected chi connectivity index (χ0v) is 12.9. The zero-order chi connectivity index (χ0) is 14.9. The van der Waals surface area contributed by atoms with Gasteiger partial charge in [0.15, 0.2) is 0 Å². The average Bonchev–Trinajstić information content (AvgIpc) is 2.95. The summed E-state index contributed by atoms with van der Waals surface area (Å²) < 4.78 is 5.50. The van der Waals surface area contributed by atoms with Crippen molar-refractivity contribution in [1.29, 1.82) is 0 Å². The number of amides is 1. The van der Waals surface area contributed by atoms with E-state index in [-0.39, 0.29) is 11.3 Å². The third-order valence-electron chi connectivity index (χ3n) is 4.85. The molecular weight excluding hydrogens is 264 g/mol. The molecule has 2 heterocycles. The van der Waals surface area contributed by atoms with Gasteiger partial charge in [0.1, 0.15) is 5.75 Å². The van der Waals surface area contributed by atoms with Crippen molar-refractivity contribution in [3.8, 4) is 5.75 Å². The van der Waals surface area contributed by atoms with Gasteiger partial charge in [0.2, 0.25) is 5.91 Å². The molecule has 0 spiro atoms. The van der Waals surface area contributed by atoms with Crippen LogP contribution in [-0.2, 0) is 11.2 Å². The van der Waals surface area contributed by atoms with Crippen molar-refractivity contribution >= 4 is 11.6 Å². The van der Waals surface area contributed by atoms with E-state index >= 15 is 0 Å². The van der Waals surface area contributed by atoms with Crippen LogP contribution in [0.3, 0.4) is 0 Å². The first-order chi connectivity index (χ1) is 10.1. The number of hydrogen-bond acceptors (Lipinski definition) is 3. The SMILES string of the molecule is CC(C)(C(=O)Nc1ccc2c(c1)CCO2)C1CCCNC1. The van der Waals surface area contributed by atoms with Gasteiger partial charge in [0, 0.05) is 17.5 Å². The molecule has 0 aromatic heterocycles. The molecule has 2 aliphatic heterocycles. The molecule has 1 atom stereocenters. The zero-order valence-electron chi connectivity index (χ0n) is 12.9. The number of benzene rings is 1. The molecule has 114 valence electrons. The molecule has 4 nitrogen and oxygen atoms in total. The summed E-state index contributed by atoms with van der Waals surface area (Å²) in [5, 5.41) is 6.48. The van der Waals surface area contributed by atoms with Crippen molar-refractivity contribution in [3.63, 3.8) is 0 Å². The molecular formula is C17H24N2O2. The smallest absolute Gasteiger partial charge is 0.230 e. The molecule has 2 aliphatic rings. The number of nitrogens with one attached hydrogen (secondary N) is 2. The fraction of sp³-hybridized carbons (Fsp3) is 0.588. The van der Waals surface area contributed by atoms with Gasteiger partial charge in [0.05, 0.1) is 6.61 Å². The number of carbonyl (C=O) groups excluding carboxylic acids is 1. The number of piperidine rings is 1. The van der Waals surface area contributed by atoms with E-state index in [9.17, 15) is 4.79 Å². The van der Waals surface area contributed by atoms with Crippen LogP contribution in [0.5, 0.6) is 5.75 Å². The second kappa shape index (κ2) is 5.68. The molecule has 4 heteroatoms. The quantitative estimate of drug-likeness (QED) is 0.899. The van der Waals surface area contributed by atoms with E-state index in [0.717, 1.165) is 50.4 Å². The Bertz CT molecular complexity index is 534. The molecule has 1 unspecified atom stereocenters. The molecule has 2 N–H and O–H groups in total. The standard InChI is InChI=1S/C17H24N2O2/c1-17(2,13-4-3-8-18-11-13)16(20)19-14-5-6-15-12(10-14)7-9-21-15/h5-6,10,13,18H,3-4,7-9,11H2,1-2H3,(H,19,20). The maximum absolute atomic E-state index is 12.7. The molecule has 0 radical (unpaired) electrons. The third-order valence-corrected chi connectivity index (χ3v) is 4.85. The van der Waals surface area contributed by atoms with E-state index in [2.05, 4.69) is 24.5 Å². The summed E-state index contributed by atoms with van der Waals surface area (Å²) in [5.74, 6) is 1.45. The highest BCUT2D eigenvalue weighted by Crippen LogP contribution is 2.34. The average molecular weight is 288 g/mol. The molecule has 0 saturated carbocycles. The Morgan fingerprint density at radius 2 is 2.29 bits per heavy atom. The van der Waals surface area contributed by atoms with Crippen LogP contribution in [0.1, 0.15) is 32.3 Å². The summed E-state index contributed by atoms with van der Waals surface area (Å²) in [6.07, 6.45) is 3.19. The molecule has 1 fully saturated rings. The van der Waals surface area contributed by atoms with E-state index in [4.69, 9.17) is 4.74 Å². The van der Waals surface area contributed by atoms with E-state index in [1.54, 1.807) is 0 Å². The van der Waals surface area contributed by atoms with E-state index in [1.165, 1.54) is 5.56 Å². The highest BCUT2D eigenvalue weighted by atomic mass is 16.5.